The van der Waals surface area contributed by atoms with E-state index >= 15 is 0 Å². The summed E-state index contributed by atoms with van der Waals surface area (Å²) in [5.74, 6) is -1.24. The molecule has 0 atom stereocenters. The van der Waals surface area contributed by atoms with E-state index in [9.17, 15) is 9.59 Å². The van der Waals surface area contributed by atoms with Gasteiger partial charge in [-0.2, -0.15) is 0 Å². The normalized spacial score (nSPS) is 10.8. The van der Waals surface area contributed by atoms with Crippen LogP contribution in [0, 0.1) is 6.92 Å². The van der Waals surface area contributed by atoms with Crippen LogP contribution in [0.1, 0.15) is 15.2 Å². The second-order valence-corrected chi connectivity index (χ2v) is 10.5. The molecule has 0 saturated heterocycles. The van der Waals surface area contributed by atoms with Gasteiger partial charge in [0.15, 0.2) is 12.4 Å². The molecule has 3 rings (SSSR count). The van der Waals surface area contributed by atoms with Gasteiger partial charge in [-0.3, -0.25) is 4.79 Å². The van der Waals surface area contributed by atoms with E-state index in [4.69, 9.17) is 67.5 Å². The van der Waals surface area contributed by atoms with Crippen molar-refractivity contribution in [2.24, 2.45) is 0 Å². The molecule has 0 saturated carbocycles. The highest BCUT2D eigenvalue weighted by Crippen LogP contribution is 2.48. The Morgan fingerprint density at radius 3 is 2.06 bits per heavy atom. The van der Waals surface area contributed by atoms with Crippen LogP contribution in [-0.2, 0) is 9.53 Å². The van der Waals surface area contributed by atoms with Crippen LogP contribution in [-0.4, -0.2) is 25.6 Å². The summed E-state index contributed by atoms with van der Waals surface area (Å²) in [7, 11) is 1.27. The predicted molar refractivity (Wildman–Crippen MR) is 139 cm³/mol. The SMILES string of the molecule is COC(=O)c1c(NC(=O)COc2c(Cl)c(Cl)c(Cl)c(Cl)c2Cl)sc(C)c1-c1ccc(Br)cc1. The highest BCUT2D eigenvalue weighted by molar-refractivity contribution is 9.10. The third-order valence-electron chi connectivity index (χ3n) is 4.38. The molecule has 3 aromatic rings. The zero-order valence-electron chi connectivity index (χ0n) is 16.8. The molecule has 1 amide bonds. The molecule has 0 fully saturated rings. The number of methoxy groups -OCH3 is 1. The number of amides is 1. The summed E-state index contributed by atoms with van der Waals surface area (Å²) in [5.41, 5.74) is 1.70. The third-order valence-corrected chi connectivity index (χ3v) is 8.17. The lowest BCUT2D eigenvalue weighted by molar-refractivity contribution is -0.118. The average Bonchev–Trinajstić information content (AvgIpc) is 3.11. The Balaban J connectivity index is 1.88. The van der Waals surface area contributed by atoms with E-state index in [1.54, 1.807) is 0 Å². The highest BCUT2D eigenvalue weighted by Gasteiger charge is 2.26. The van der Waals surface area contributed by atoms with E-state index in [0.717, 1.165) is 14.9 Å². The number of ether oxygens (including phenoxy) is 2. The van der Waals surface area contributed by atoms with Crippen LogP contribution in [0.5, 0.6) is 5.75 Å². The van der Waals surface area contributed by atoms with Gasteiger partial charge in [0.25, 0.3) is 5.91 Å². The second kappa shape index (κ2) is 11.0. The number of carbonyl (C=O) groups excluding carboxylic acids is 2. The molecule has 5 nitrogen and oxygen atoms in total. The molecule has 1 heterocycles. The molecule has 1 aromatic heterocycles. The zero-order chi connectivity index (χ0) is 24.4. The van der Waals surface area contributed by atoms with Crippen LogP contribution >= 0.6 is 85.3 Å². The number of hydrogen-bond donors (Lipinski definition) is 1. The highest BCUT2D eigenvalue weighted by atomic mass is 79.9. The largest absolute Gasteiger partial charge is 0.481 e. The first-order valence-electron chi connectivity index (χ1n) is 8.98. The molecule has 0 spiro atoms. The first-order valence-corrected chi connectivity index (χ1v) is 12.5. The van der Waals surface area contributed by atoms with Gasteiger partial charge in [0.2, 0.25) is 0 Å². The first kappa shape index (κ1) is 26.4. The van der Waals surface area contributed by atoms with Gasteiger partial charge in [-0.25, -0.2) is 4.79 Å². The van der Waals surface area contributed by atoms with Gasteiger partial charge >= 0.3 is 5.97 Å². The Kier molecular flexibility index (Phi) is 8.83. The van der Waals surface area contributed by atoms with E-state index in [2.05, 4.69) is 21.2 Å². The fourth-order valence-electron chi connectivity index (χ4n) is 2.91. The van der Waals surface area contributed by atoms with Crippen molar-refractivity contribution >= 4 is 102 Å². The molecule has 0 bridgehead atoms. The van der Waals surface area contributed by atoms with E-state index < -0.39 is 18.5 Å². The van der Waals surface area contributed by atoms with E-state index in [-0.39, 0.29) is 36.4 Å². The van der Waals surface area contributed by atoms with Gasteiger partial charge in [-0.05, 0) is 24.6 Å². The quantitative estimate of drug-likeness (QED) is 0.168. The van der Waals surface area contributed by atoms with Crippen molar-refractivity contribution in [3.8, 4) is 16.9 Å². The number of hydrogen-bond acceptors (Lipinski definition) is 5. The Morgan fingerprint density at radius 2 is 1.52 bits per heavy atom. The van der Waals surface area contributed by atoms with E-state index in [0.29, 0.717) is 10.6 Å². The minimum absolute atomic E-state index is 0.0256. The van der Waals surface area contributed by atoms with Crippen LogP contribution in [0.25, 0.3) is 11.1 Å². The van der Waals surface area contributed by atoms with Crippen molar-refractivity contribution < 1.29 is 19.1 Å². The van der Waals surface area contributed by atoms with Crippen molar-refractivity contribution in [1.29, 1.82) is 0 Å². The fraction of sp³-hybridized carbons (Fsp3) is 0.143. The van der Waals surface area contributed by atoms with Gasteiger partial charge in [0, 0.05) is 14.9 Å². The van der Waals surface area contributed by atoms with Gasteiger partial charge in [-0.1, -0.05) is 86.1 Å². The lowest BCUT2D eigenvalue weighted by Crippen LogP contribution is -2.21. The topological polar surface area (TPSA) is 64.6 Å². The van der Waals surface area contributed by atoms with Gasteiger partial charge < -0.3 is 14.8 Å². The average molecular weight is 633 g/mol. The second-order valence-electron chi connectivity index (χ2n) is 6.47. The van der Waals surface area contributed by atoms with Crippen LogP contribution in [0.15, 0.2) is 28.7 Å². The molecule has 0 radical (unpaired) electrons. The smallest absolute Gasteiger partial charge is 0.341 e. The molecule has 12 heteroatoms. The summed E-state index contributed by atoms with van der Waals surface area (Å²) in [5, 5.41) is 2.71. The summed E-state index contributed by atoms with van der Waals surface area (Å²) in [6, 6.07) is 7.43. The molecule has 0 aliphatic rings. The van der Waals surface area contributed by atoms with Crippen molar-refractivity contribution in [2.45, 2.75) is 6.92 Å². The van der Waals surface area contributed by atoms with Crippen molar-refractivity contribution in [3.63, 3.8) is 0 Å². The summed E-state index contributed by atoms with van der Waals surface area (Å²) in [4.78, 5) is 26.0. The number of rotatable bonds is 6. The molecule has 0 aliphatic heterocycles. The minimum Gasteiger partial charge on any atom is -0.481 e. The maximum atomic E-state index is 12.6. The minimum atomic E-state index is -0.587. The molecule has 33 heavy (non-hydrogen) atoms. The molecule has 0 unspecified atom stereocenters. The number of aryl methyl sites for hydroxylation is 1. The Hall–Kier alpha value is -1.19. The number of nitrogens with one attached hydrogen (secondary N) is 1. The molecular weight excluding hydrogens is 619 g/mol. The summed E-state index contributed by atoms with van der Waals surface area (Å²) >= 11 is 34.9. The first-order chi connectivity index (χ1) is 15.6. The van der Waals surface area contributed by atoms with Crippen LogP contribution in [0.3, 0.4) is 0 Å². The van der Waals surface area contributed by atoms with Crippen LogP contribution < -0.4 is 10.1 Å². The molecule has 0 aliphatic carbocycles. The maximum Gasteiger partial charge on any atom is 0.341 e. The van der Waals surface area contributed by atoms with Crippen molar-refractivity contribution in [3.05, 3.63) is 64.3 Å². The van der Waals surface area contributed by atoms with E-state index in [1.165, 1.54) is 18.4 Å². The number of anilines is 1. The lowest BCUT2D eigenvalue weighted by Gasteiger charge is -2.13. The number of thiophene rings is 1. The lowest BCUT2D eigenvalue weighted by atomic mass is 10.0. The summed E-state index contributed by atoms with van der Waals surface area (Å²) in [6.45, 7) is 1.36. The number of benzene rings is 2. The van der Waals surface area contributed by atoms with Gasteiger partial charge in [-0.15, -0.1) is 11.3 Å². The third kappa shape index (κ3) is 5.56. The molecule has 2 aromatic carbocycles. The van der Waals surface area contributed by atoms with Crippen molar-refractivity contribution in [1.82, 2.24) is 0 Å². The fourth-order valence-corrected chi connectivity index (χ4v) is 5.48. The van der Waals surface area contributed by atoms with Crippen LogP contribution in [0.2, 0.25) is 25.1 Å². The van der Waals surface area contributed by atoms with Crippen LogP contribution in [0.4, 0.5) is 5.00 Å². The Morgan fingerprint density at radius 1 is 0.970 bits per heavy atom. The Bertz CT molecular complexity index is 1220. The Labute approximate surface area is 226 Å². The number of halogens is 6. The predicted octanol–water partition coefficient (Wildman–Crippen LogP) is 8.56. The molecular formula is C21H13BrCl5NO4S. The summed E-state index contributed by atoms with van der Waals surface area (Å²) < 4.78 is 11.3. The van der Waals surface area contributed by atoms with Gasteiger partial charge in [0.1, 0.15) is 20.6 Å². The van der Waals surface area contributed by atoms with Crippen molar-refractivity contribution in [2.75, 3.05) is 19.0 Å². The van der Waals surface area contributed by atoms with E-state index in [1.807, 2.05) is 31.2 Å². The molecule has 174 valence electrons. The summed E-state index contributed by atoms with van der Waals surface area (Å²) in [6.07, 6.45) is 0. The standard InChI is InChI=1S/C21H13BrCl5NO4S/c1-8-12(9-3-5-10(22)6-4-9)13(21(30)31-2)20(33-8)28-11(29)7-32-19-17(26)15(24)14(23)16(25)18(19)27/h3-6H,7H2,1-2H3,(H,28,29). The maximum absolute atomic E-state index is 12.6. The number of carbonyl (C=O) groups is 2. The molecule has 1 N–H and O–H groups in total. The van der Waals surface area contributed by atoms with Gasteiger partial charge in [0.05, 0.1) is 22.2 Å². The number of esters is 1. The monoisotopic (exact) mass is 629 g/mol. The zero-order valence-corrected chi connectivity index (χ0v) is 23.0.